The molecule has 2 unspecified atom stereocenters. The van der Waals surface area contributed by atoms with Crippen molar-refractivity contribution >= 4 is 11.0 Å². The minimum absolute atomic E-state index is 0.0461. The summed E-state index contributed by atoms with van der Waals surface area (Å²) < 4.78 is 2.15. The van der Waals surface area contributed by atoms with Crippen LogP contribution in [0.2, 0.25) is 0 Å². The largest absolute Gasteiger partial charge is 0.387 e. The number of nitrogens with one attached hydrogen (secondary N) is 1. The van der Waals surface area contributed by atoms with Gasteiger partial charge in [-0.3, -0.25) is 0 Å². The maximum absolute atomic E-state index is 10.7. The number of aromatic nitrogens is 2. The van der Waals surface area contributed by atoms with Crippen LogP contribution in [-0.2, 0) is 7.05 Å². The van der Waals surface area contributed by atoms with Gasteiger partial charge in [0.2, 0.25) is 0 Å². The van der Waals surface area contributed by atoms with E-state index in [0.717, 1.165) is 28.8 Å². The molecule has 0 saturated carbocycles. The SMILES string of the molecule is CCC(c1[nH]c2ccccc2[n+]1C)C(O)c1ccccc1. The molecule has 0 radical (unpaired) electrons. The summed E-state index contributed by atoms with van der Waals surface area (Å²) in [4.78, 5) is 3.47. The fraction of sp³-hybridized carbons (Fsp3) is 0.278. The van der Waals surface area contributed by atoms with E-state index >= 15 is 0 Å². The fourth-order valence-corrected chi connectivity index (χ4v) is 3.01. The average Bonchev–Trinajstić information content (AvgIpc) is 2.86. The van der Waals surface area contributed by atoms with Crippen LogP contribution in [0.25, 0.3) is 11.0 Å². The van der Waals surface area contributed by atoms with E-state index in [1.165, 1.54) is 0 Å². The van der Waals surface area contributed by atoms with Crippen LogP contribution < -0.4 is 4.57 Å². The molecule has 0 saturated heterocycles. The van der Waals surface area contributed by atoms with Crippen LogP contribution in [0.4, 0.5) is 0 Å². The Bertz CT molecular complexity index is 733. The first kappa shape index (κ1) is 13.8. The lowest BCUT2D eigenvalue weighted by atomic mass is 9.92. The molecule has 0 aliphatic heterocycles. The maximum atomic E-state index is 10.7. The predicted octanol–water partition coefficient (Wildman–Crippen LogP) is 3.22. The Labute approximate surface area is 124 Å². The first-order valence-corrected chi connectivity index (χ1v) is 7.42. The van der Waals surface area contributed by atoms with Crippen LogP contribution >= 0.6 is 0 Å². The molecule has 21 heavy (non-hydrogen) atoms. The number of hydrogen-bond donors (Lipinski definition) is 2. The summed E-state index contributed by atoms with van der Waals surface area (Å²) in [5.74, 6) is 1.11. The van der Waals surface area contributed by atoms with Gasteiger partial charge in [-0.1, -0.05) is 49.4 Å². The Hall–Kier alpha value is -2.13. The second-order valence-corrected chi connectivity index (χ2v) is 5.46. The third-order valence-corrected chi connectivity index (χ3v) is 4.20. The first-order chi connectivity index (χ1) is 10.2. The third-order valence-electron chi connectivity index (χ3n) is 4.20. The van der Waals surface area contributed by atoms with Crippen molar-refractivity contribution in [2.24, 2.45) is 7.05 Å². The number of aliphatic hydroxyl groups is 1. The van der Waals surface area contributed by atoms with E-state index in [1.807, 2.05) is 42.5 Å². The lowest BCUT2D eigenvalue weighted by molar-refractivity contribution is -0.655. The zero-order chi connectivity index (χ0) is 14.8. The zero-order valence-electron chi connectivity index (χ0n) is 12.5. The molecule has 0 aliphatic carbocycles. The van der Waals surface area contributed by atoms with Crippen molar-refractivity contribution in [3.63, 3.8) is 0 Å². The van der Waals surface area contributed by atoms with Gasteiger partial charge in [0.25, 0.3) is 5.82 Å². The van der Waals surface area contributed by atoms with E-state index in [1.54, 1.807) is 0 Å². The summed E-state index contributed by atoms with van der Waals surface area (Å²) in [6.45, 7) is 2.11. The lowest BCUT2D eigenvalue weighted by Crippen LogP contribution is -2.35. The van der Waals surface area contributed by atoms with Gasteiger partial charge in [0, 0.05) is 0 Å². The summed E-state index contributed by atoms with van der Waals surface area (Å²) in [5.41, 5.74) is 3.22. The van der Waals surface area contributed by atoms with Gasteiger partial charge in [-0.25, -0.2) is 9.55 Å². The molecular weight excluding hydrogens is 260 g/mol. The molecule has 0 spiro atoms. The van der Waals surface area contributed by atoms with E-state index < -0.39 is 6.10 Å². The van der Waals surface area contributed by atoms with E-state index in [9.17, 15) is 5.11 Å². The number of para-hydroxylation sites is 2. The van der Waals surface area contributed by atoms with Crippen LogP contribution in [-0.4, -0.2) is 10.1 Å². The average molecular weight is 281 g/mol. The van der Waals surface area contributed by atoms with E-state index in [0.29, 0.717) is 0 Å². The Morgan fingerprint density at radius 2 is 1.71 bits per heavy atom. The summed E-state index contributed by atoms with van der Waals surface area (Å²) in [5, 5.41) is 10.7. The molecule has 1 heterocycles. The third kappa shape index (κ3) is 2.45. The number of benzene rings is 2. The highest BCUT2D eigenvalue weighted by Gasteiger charge is 2.30. The summed E-state index contributed by atoms with van der Waals surface area (Å²) in [6.07, 6.45) is 0.368. The highest BCUT2D eigenvalue weighted by Crippen LogP contribution is 2.32. The van der Waals surface area contributed by atoms with Gasteiger partial charge in [-0.2, -0.15) is 0 Å². The van der Waals surface area contributed by atoms with Crippen LogP contribution in [0, 0.1) is 0 Å². The van der Waals surface area contributed by atoms with Crippen LogP contribution in [0.15, 0.2) is 54.6 Å². The second-order valence-electron chi connectivity index (χ2n) is 5.46. The molecular formula is C18H21N2O+. The number of H-pyrrole nitrogens is 1. The van der Waals surface area contributed by atoms with Crippen molar-refractivity contribution in [1.29, 1.82) is 0 Å². The highest BCUT2D eigenvalue weighted by molar-refractivity contribution is 5.71. The van der Waals surface area contributed by atoms with Crippen molar-refractivity contribution in [1.82, 2.24) is 4.98 Å². The minimum atomic E-state index is -0.504. The summed E-state index contributed by atoms with van der Waals surface area (Å²) in [6, 6.07) is 18.1. The molecule has 3 aromatic rings. The van der Waals surface area contributed by atoms with Gasteiger partial charge in [0.1, 0.15) is 0 Å². The molecule has 0 fully saturated rings. The van der Waals surface area contributed by atoms with Crippen molar-refractivity contribution in [2.75, 3.05) is 0 Å². The standard InChI is InChI=1S/C18H20N2O/c1-3-14(17(21)13-9-5-4-6-10-13)18-19-15-11-7-8-12-16(15)20(18)2/h4-12,14,17,21H,3H2,1-2H3/p+1. The second kappa shape index (κ2) is 5.70. The van der Waals surface area contributed by atoms with Crippen molar-refractivity contribution < 1.29 is 9.67 Å². The summed E-state index contributed by atoms with van der Waals surface area (Å²) in [7, 11) is 2.05. The minimum Gasteiger partial charge on any atom is -0.387 e. The number of aliphatic hydroxyl groups excluding tert-OH is 1. The number of imidazole rings is 1. The lowest BCUT2D eigenvalue weighted by Gasteiger charge is -2.18. The van der Waals surface area contributed by atoms with Gasteiger partial charge in [-0.15, -0.1) is 0 Å². The topological polar surface area (TPSA) is 39.9 Å². The molecule has 2 aromatic carbocycles. The van der Waals surface area contributed by atoms with Crippen LogP contribution in [0.5, 0.6) is 0 Å². The Morgan fingerprint density at radius 3 is 2.38 bits per heavy atom. The number of hydrogen-bond acceptors (Lipinski definition) is 1. The Kier molecular flexibility index (Phi) is 3.76. The van der Waals surface area contributed by atoms with Crippen LogP contribution in [0.3, 0.4) is 0 Å². The normalized spacial score (nSPS) is 14.2. The first-order valence-electron chi connectivity index (χ1n) is 7.42. The number of aryl methyl sites for hydroxylation is 1. The molecule has 3 heteroatoms. The van der Waals surface area contributed by atoms with E-state index in [2.05, 4.69) is 35.7 Å². The quantitative estimate of drug-likeness (QED) is 0.708. The molecule has 0 aliphatic rings. The zero-order valence-corrected chi connectivity index (χ0v) is 12.5. The van der Waals surface area contributed by atoms with Gasteiger partial charge >= 0.3 is 0 Å². The number of fused-ring (bicyclic) bond motifs is 1. The number of rotatable bonds is 4. The smallest absolute Gasteiger partial charge is 0.261 e. The molecule has 2 atom stereocenters. The molecule has 108 valence electrons. The molecule has 2 N–H and O–H groups in total. The Balaban J connectivity index is 2.04. The molecule has 3 nitrogen and oxygen atoms in total. The number of aromatic amines is 1. The van der Waals surface area contributed by atoms with Gasteiger partial charge in [0.15, 0.2) is 11.0 Å². The monoisotopic (exact) mass is 281 g/mol. The maximum Gasteiger partial charge on any atom is 0.261 e. The van der Waals surface area contributed by atoms with Gasteiger partial charge in [0.05, 0.1) is 19.1 Å². The van der Waals surface area contributed by atoms with E-state index in [-0.39, 0.29) is 5.92 Å². The number of nitrogens with zero attached hydrogens (tertiary/aromatic N) is 1. The molecule has 0 bridgehead atoms. The Morgan fingerprint density at radius 1 is 1.05 bits per heavy atom. The van der Waals surface area contributed by atoms with Crippen molar-refractivity contribution in [2.45, 2.75) is 25.4 Å². The molecule has 3 rings (SSSR count). The predicted molar refractivity (Wildman–Crippen MR) is 83.9 cm³/mol. The van der Waals surface area contributed by atoms with Crippen molar-refractivity contribution in [3.05, 3.63) is 66.0 Å². The fourth-order valence-electron chi connectivity index (χ4n) is 3.01. The molecule has 0 amide bonds. The van der Waals surface area contributed by atoms with Crippen LogP contribution in [0.1, 0.15) is 36.8 Å². The highest BCUT2D eigenvalue weighted by atomic mass is 16.3. The van der Waals surface area contributed by atoms with E-state index in [4.69, 9.17) is 0 Å². The van der Waals surface area contributed by atoms with Gasteiger partial charge < -0.3 is 5.11 Å². The van der Waals surface area contributed by atoms with Gasteiger partial charge in [-0.05, 0) is 24.1 Å². The van der Waals surface area contributed by atoms with Crippen molar-refractivity contribution in [3.8, 4) is 0 Å². The molecule has 1 aromatic heterocycles. The summed E-state index contributed by atoms with van der Waals surface area (Å²) >= 11 is 0.